The van der Waals surface area contributed by atoms with Crippen molar-refractivity contribution in [2.45, 2.75) is 76.0 Å². The molecular weight excluding hydrogens is 735 g/mol. The van der Waals surface area contributed by atoms with Crippen molar-refractivity contribution in [3.05, 3.63) is 209 Å². The molecule has 0 heterocycles. The molecule has 4 aliphatic rings. The van der Waals surface area contributed by atoms with Crippen LogP contribution in [0.5, 0.6) is 0 Å². The number of benzene rings is 8. The molecule has 1 nitrogen and oxygen atoms in total. The zero-order valence-corrected chi connectivity index (χ0v) is 35.7. The van der Waals surface area contributed by atoms with Gasteiger partial charge >= 0.3 is 0 Å². The Morgan fingerprint density at radius 2 is 0.738 bits per heavy atom. The maximum absolute atomic E-state index is 2.65. The summed E-state index contributed by atoms with van der Waals surface area (Å²) in [4.78, 5) is 2.65. The number of anilines is 3. The fraction of sp³-hybridized carbons (Fsp3) is 0.200. The van der Waals surface area contributed by atoms with E-state index >= 15 is 0 Å². The molecule has 0 saturated heterocycles. The van der Waals surface area contributed by atoms with E-state index in [-0.39, 0.29) is 16.2 Å². The molecule has 61 heavy (non-hydrogen) atoms. The lowest BCUT2D eigenvalue weighted by atomic mass is 9.68. The highest BCUT2D eigenvalue weighted by Gasteiger charge is 2.46. The average molecular weight is 786 g/mol. The van der Waals surface area contributed by atoms with E-state index in [2.05, 4.69) is 209 Å². The summed E-state index contributed by atoms with van der Waals surface area (Å²) >= 11 is 0. The Morgan fingerprint density at radius 1 is 0.311 bits per heavy atom. The van der Waals surface area contributed by atoms with Crippen LogP contribution in [0.1, 0.15) is 93.2 Å². The monoisotopic (exact) mass is 785 g/mol. The second kappa shape index (κ2) is 13.3. The molecule has 0 N–H and O–H groups in total. The van der Waals surface area contributed by atoms with Crippen LogP contribution in [0.25, 0.3) is 55.6 Å². The molecule has 0 amide bonds. The van der Waals surface area contributed by atoms with E-state index in [1.54, 1.807) is 0 Å². The van der Waals surface area contributed by atoms with Crippen LogP contribution < -0.4 is 4.90 Å². The first-order chi connectivity index (χ1) is 29.8. The van der Waals surface area contributed by atoms with Crippen LogP contribution in [0.2, 0.25) is 0 Å². The van der Waals surface area contributed by atoms with Gasteiger partial charge in [-0.05, 0) is 103 Å². The number of rotatable bonds is 5. The summed E-state index contributed by atoms with van der Waals surface area (Å²) in [5.74, 6) is 0. The van der Waals surface area contributed by atoms with Crippen molar-refractivity contribution in [3.63, 3.8) is 0 Å². The smallest absolute Gasteiger partial charge is 0.0543 e. The summed E-state index contributed by atoms with van der Waals surface area (Å²) < 4.78 is 0. The van der Waals surface area contributed by atoms with E-state index in [1.807, 2.05) is 0 Å². The number of hydrogen-bond donors (Lipinski definition) is 0. The minimum atomic E-state index is -0.163. The molecule has 8 aromatic rings. The van der Waals surface area contributed by atoms with Gasteiger partial charge in [0.05, 0.1) is 17.1 Å². The molecule has 0 radical (unpaired) electrons. The summed E-state index contributed by atoms with van der Waals surface area (Å²) in [7, 11) is 0. The first-order valence-corrected chi connectivity index (χ1v) is 22.5. The van der Waals surface area contributed by atoms with Gasteiger partial charge in [-0.3, -0.25) is 0 Å². The van der Waals surface area contributed by atoms with Crippen LogP contribution in [0.15, 0.2) is 176 Å². The van der Waals surface area contributed by atoms with Gasteiger partial charge in [0.15, 0.2) is 0 Å². The zero-order chi connectivity index (χ0) is 41.1. The van der Waals surface area contributed by atoms with E-state index in [9.17, 15) is 0 Å². The normalized spacial score (nSPS) is 16.6. The van der Waals surface area contributed by atoms with Gasteiger partial charge in [-0.1, -0.05) is 205 Å². The molecule has 296 valence electrons. The molecule has 0 aliphatic heterocycles. The quantitative estimate of drug-likeness (QED) is 0.168. The van der Waals surface area contributed by atoms with Gasteiger partial charge in [0.2, 0.25) is 0 Å². The van der Waals surface area contributed by atoms with Gasteiger partial charge in [-0.15, -0.1) is 0 Å². The third-order valence-corrected chi connectivity index (χ3v) is 15.3. The number of fused-ring (bicyclic) bond motifs is 11. The molecule has 1 spiro atoms. The molecule has 0 aromatic heterocycles. The van der Waals surface area contributed by atoms with Gasteiger partial charge < -0.3 is 4.90 Å². The Balaban J connectivity index is 1.17. The minimum absolute atomic E-state index is 0.0382. The summed E-state index contributed by atoms with van der Waals surface area (Å²) in [5, 5.41) is 0. The zero-order valence-electron chi connectivity index (χ0n) is 35.7. The predicted octanol–water partition coefficient (Wildman–Crippen LogP) is 16.3. The van der Waals surface area contributed by atoms with Crippen molar-refractivity contribution >= 4 is 17.1 Å². The van der Waals surface area contributed by atoms with Gasteiger partial charge in [0.1, 0.15) is 0 Å². The van der Waals surface area contributed by atoms with Crippen molar-refractivity contribution in [1.29, 1.82) is 0 Å². The highest BCUT2D eigenvalue weighted by molar-refractivity contribution is 6.04. The maximum atomic E-state index is 2.65. The molecule has 0 bridgehead atoms. The van der Waals surface area contributed by atoms with Crippen molar-refractivity contribution in [2.24, 2.45) is 0 Å². The van der Waals surface area contributed by atoms with Crippen LogP contribution in [0, 0.1) is 0 Å². The fourth-order valence-corrected chi connectivity index (χ4v) is 12.6. The molecule has 1 saturated carbocycles. The van der Waals surface area contributed by atoms with Crippen LogP contribution in [0.3, 0.4) is 0 Å². The molecule has 1 fully saturated rings. The van der Waals surface area contributed by atoms with Crippen LogP contribution in [-0.4, -0.2) is 0 Å². The third kappa shape index (κ3) is 5.01. The van der Waals surface area contributed by atoms with Gasteiger partial charge in [-0.25, -0.2) is 0 Å². The maximum Gasteiger partial charge on any atom is 0.0543 e. The Hall–Kier alpha value is -6.44. The first kappa shape index (κ1) is 36.4. The lowest BCUT2D eigenvalue weighted by molar-refractivity contribution is 0.353. The highest BCUT2D eigenvalue weighted by Crippen LogP contribution is 2.61. The number of para-hydroxylation sites is 2. The van der Waals surface area contributed by atoms with Crippen molar-refractivity contribution in [2.75, 3.05) is 4.90 Å². The van der Waals surface area contributed by atoms with E-state index in [4.69, 9.17) is 0 Å². The molecule has 0 atom stereocenters. The highest BCUT2D eigenvalue weighted by atomic mass is 15.2. The second-order valence-corrected chi connectivity index (χ2v) is 19.1. The largest absolute Gasteiger partial charge is 0.309 e. The second-order valence-electron chi connectivity index (χ2n) is 19.1. The molecule has 8 aromatic carbocycles. The van der Waals surface area contributed by atoms with E-state index in [1.165, 1.54) is 138 Å². The lowest BCUT2D eigenvalue weighted by Crippen LogP contribution is -2.28. The van der Waals surface area contributed by atoms with Crippen LogP contribution >= 0.6 is 0 Å². The SMILES string of the molecule is CC1(C)c2ccccc2-c2c(-c3ccccc3N(c3ccccc3-c3cccc4c3C(C)(C)c3ccccc3-4)c3cccc4c3-c3ccccc3C43CCCCC3)cccc21. The summed E-state index contributed by atoms with van der Waals surface area (Å²) in [6.07, 6.45) is 6.24. The molecule has 0 unspecified atom stereocenters. The van der Waals surface area contributed by atoms with E-state index in [0.29, 0.717) is 0 Å². The minimum Gasteiger partial charge on any atom is -0.309 e. The number of hydrogen-bond acceptors (Lipinski definition) is 1. The van der Waals surface area contributed by atoms with Gasteiger partial charge in [0.25, 0.3) is 0 Å². The standard InChI is InChI=1S/C60H51N/c1-58(2)48-30-12-7-24-45(48)55-42(26-19-32-50(55)58)40-22-9-14-34-52(40)61(54-36-20-33-51-56(54)46-25-8-13-31-49(46)60(51)37-16-5-17-38-60)53-35-15-10-23-41(53)44-28-18-27-43-39-21-6-11-29-47(39)59(3,4)57(43)44/h6-15,18-36H,5,16-17,37-38H2,1-4H3. The first-order valence-electron chi connectivity index (χ1n) is 22.5. The topological polar surface area (TPSA) is 3.24 Å². The molecular formula is C60H51N. The van der Waals surface area contributed by atoms with Crippen molar-refractivity contribution in [1.82, 2.24) is 0 Å². The Kier molecular flexibility index (Phi) is 7.93. The van der Waals surface area contributed by atoms with Gasteiger partial charge in [-0.2, -0.15) is 0 Å². The predicted molar refractivity (Wildman–Crippen MR) is 256 cm³/mol. The summed E-state index contributed by atoms with van der Waals surface area (Å²) in [6, 6.07) is 67.2. The summed E-state index contributed by atoms with van der Waals surface area (Å²) in [6.45, 7) is 9.60. The van der Waals surface area contributed by atoms with Gasteiger partial charge in [0, 0.05) is 32.9 Å². The molecule has 1 heteroatoms. The fourth-order valence-electron chi connectivity index (χ4n) is 12.6. The van der Waals surface area contributed by atoms with E-state index < -0.39 is 0 Å². The Morgan fingerprint density at radius 3 is 1.43 bits per heavy atom. The number of nitrogens with zero attached hydrogens (tertiary/aromatic N) is 1. The molecule has 4 aliphatic carbocycles. The molecule has 12 rings (SSSR count). The lowest BCUT2D eigenvalue weighted by Gasteiger charge is -2.36. The summed E-state index contributed by atoms with van der Waals surface area (Å²) in [5.41, 5.74) is 25.2. The Bertz CT molecular complexity index is 3080. The van der Waals surface area contributed by atoms with Crippen LogP contribution in [-0.2, 0) is 16.2 Å². The van der Waals surface area contributed by atoms with Crippen molar-refractivity contribution < 1.29 is 0 Å². The van der Waals surface area contributed by atoms with Crippen LogP contribution in [0.4, 0.5) is 17.1 Å². The van der Waals surface area contributed by atoms with E-state index in [0.717, 1.165) is 0 Å². The third-order valence-electron chi connectivity index (χ3n) is 15.3. The Labute approximate surface area is 361 Å². The average Bonchev–Trinajstić information content (AvgIpc) is 3.82. The van der Waals surface area contributed by atoms with Crippen molar-refractivity contribution in [3.8, 4) is 55.6 Å².